The molecule has 2 aromatic rings. The van der Waals surface area contributed by atoms with Crippen molar-refractivity contribution in [1.29, 1.82) is 0 Å². The minimum absolute atomic E-state index is 0.256. The van der Waals surface area contributed by atoms with Crippen molar-refractivity contribution < 1.29 is 9.53 Å². The van der Waals surface area contributed by atoms with E-state index in [0.717, 1.165) is 0 Å². The number of hydrogen-bond acceptors (Lipinski definition) is 3. The van der Waals surface area contributed by atoms with Crippen molar-refractivity contribution in [3.8, 4) is 5.75 Å². The Balaban J connectivity index is 2.36. The van der Waals surface area contributed by atoms with Crippen molar-refractivity contribution in [1.82, 2.24) is 0 Å². The third-order valence-corrected chi connectivity index (χ3v) is 3.25. The third kappa shape index (κ3) is 2.98. The average molecular weight is 311 g/mol. The number of nitrogen functional groups attached to an aromatic ring is 1. The van der Waals surface area contributed by atoms with Gasteiger partial charge in [-0.3, -0.25) is 4.79 Å². The Kier molecular flexibility index (Phi) is 4.37. The van der Waals surface area contributed by atoms with Gasteiger partial charge in [0.05, 0.1) is 17.8 Å². The number of hydrogen-bond donors (Lipinski definition) is 2. The molecule has 6 heteroatoms. The maximum Gasteiger partial charge on any atom is 0.261 e. The summed E-state index contributed by atoms with van der Waals surface area (Å²) in [6.45, 7) is 0. The summed E-state index contributed by atoms with van der Waals surface area (Å²) >= 11 is 11.9. The quantitative estimate of drug-likeness (QED) is 0.847. The van der Waals surface area contributed by atoms with Crippen LogP contribution in [0.4, 0.5) is 11.4 Å². The molecular weight excluding hydrogens is 299 g/mol. The molecule has 1 amide bonds. The fourth-order valence-electron chi connectivity index (χ4n) is 1.74. The summed E-state index contributed by atoms with van der Waals surface area (Å²) in [5, 5.41) is 3.52. The lowest BCUT2D eigenvalue weighted by Gasteiger charge is -2.12. The number of anilines is 2. The number of amides is 1. The number of carbonyl (C=O) groups excluding carboxylic acids is 1. The average Bonchev–Trinajstić information content (AvgIpc) is 2.42. The number of rotatable bonds is 3. The van der Waals surface area contributed by atoms with Crippen LogP contribution in [0.5, 0.6) is 5.75 Å². The van der Waals surface area contributed by atoms with Gasteiger partial charge >= 0.3 is 0 Å². The van der Waals surface area contributed by atoms with Gasteiger partial charge < -0.3 is 15.8 Å². The van der Waals surface area contributed by atoms with Gasteiger partial charge in [-0.05, 0) is 30.3 Å². The van der Waals surface area contributed by atoms with E-state index in [9.17, 15) is 4.79 Å². The molecule has 0 aliphatic rings. The molecule has 0 atom stereocenters. The minimum atomic E-state index is -0.413. The van der Waals surface area contributed by atoms with Gasteiger partial charge in [-0.1, -0.05) is 29.3 Å². The second-order valence-electron chi connectivity index (χ2n) is 4.00. The number of benzene rings is 2. The molecule has 104 valence electrons. The first-order valence-corrected chi connectivity index (χ1v) is 6.47. The summed E-state index contributed by atoms with van der Waals surface area (Å²) in [5.74, 6) is -0.0234. The lowest BCUT2D eigenvalue weighted by molar-refractivity contribution is 0.102. The van der Waals surface area contributed by atoms with Crippen LogP contribution in [0.2, 0.25) is 10.0 Å². The van der Waals surface area contributed by atoms with E-state index in [-0.39, 0.29) is 5.56 Å². The number of ether oxygens (including phenoxy) is 1. The molecule has 0 heterocycles. The molecule has 4 nitrogen and oxygen atoms in total. The van der Waals surface area contributed by atoms with Crippen LogP contribution < -0.4 is 15.8 Å². The van der Waals surface area contributed by atoms with E-state index in [2.05, 4.69) is 5.32 Å². The standard InChI is InChI=1S/C14H12Cl2N2O2/c1-20-12-4-2-3-10(17)13(12)14(19)18-11-7-8(15)5-6-9(11)16/h2-7H,17H2,1H3,(H,18,19). The molecule has 0 saturated heterocycles. The van der Waals surface area contributed by atoms with Crippen LogP contribution >= 0.6 is 23.2 Å². The molecule has 2 aromatic carbocycles. The topological polar surface area (TPSA) is 64.3 Å². The Morgan fingerprint density at radius 3 is 2.70 bits per heavy atom. The van der Waals surface area contributed by atoms with E-state index in [4.69, 9.17) is 33.7 Å². The molecule has 0 saturated carbocycles. The molecule has 20 heavy (non-hydrogen) atoms. The Morgan fingerprint density at radius 2 is 2.00 bits per heavy atom. The zero-order valence-electron chi connectivity index (χ0n) is 10.6. The molecule has 3 N–H and O–H groups in total. The largest absolute Gasteiger partial charge is 0.496 e. The maximum absolute atomic E-state index is 12.3. The van der Waals surface area contributed by atoms with E-state index < -0.39 is 5.91 Å². The summed E-state index contributed by atoms with van der Waals surface area (Å²) in [6.07, 6.45) is 0. The molecular formula is C14H12Cl2N2O2. The van der Waals surface area contributed by atoms with Crippen LogP contribution in [0, 0.1) is 0 Å². The number of halogens is 2. The van der Waals surface area contributed by atoms with Crippen molar-refractivity contribution in [3.63, 3.8) is 0 Å². The highest BCUT2D eigenvalue weighted by Crippen LogP contribution is 2.29. The first kappa shape index (κ1) is 14.5. The van der Waals surface area contributed by atoms with E-state index in [0.29, 0.717) is 27.2 Å². The van der Waals surface area contributed by atoms with Crippen LogP contribution in [-0.2, 0) is 0 Å². The third-order valence-electron chi connectivity index (χ3n) is 2.68. The highest BCUT2D eigenvalue weighted by molar-refractivity contribution is 6.36. The van der Waals surface area contributed by atoms with E-state index in [1.807, 2.05) is 0 Å². The maximum atomic E-state index is 12.3. The van der Waals surface area contributed by atoms with Gasteiger partial charge in [0, 0.05) is 10.7 Å². The Morgan fingerprint density at radius 1 is 1.25 bits per heavy atom. The van der Waals surface area contributed by atoms with Crippen molar-refractivity contribution in [2.45, 2.75) is 0 Å². The van der Waals surface area contributed by atoms with Crippen molar-refractivity contribution in [2.24, 2.45) is 0 Å². The van der Waals surface area contributed by atoms with Crippen molar-refractivity contribution in [3.05, 3.63) is 52.0 Å². The fourth-order valence-corrected chi connectivity index (χ4v) is 2.08. The summed E-state index contributed by atoms with van der Waals surface area (Å²) in [6, 6.07) is 9.79. The minimum Gasteiger partial charge on any atom is -0.496 e. The van der Waals surface area contributed by atoms with E-state index >= 15 is 0 Å². The predicted octanol–water partition coefficient (Wildman–Crippen LogP) is 3.84. The van der Waals surface area contributed by atoms with Gasteiger partial charge in [-0.25, -0.2) is 0 Å². The van der Waals surface area contributed by atoms with Crippen LogP contribution in [-0.4, -0.2) is 13.0 Å². The van der Waals surface area contributed by atoms with Gasteiger partial charge in [0.1, 0.15) is 11.3 Å². The monoisotopic (exact) mass is 310 g/mol. The van der Waals surface area contributed by atoms with E-state index in [1.165, 1.54) is 7.11 Å². The smallest absolute Gasteiger partial charge is 0.261 e. The lowest BCUT2D eigenvalue weighted by Crippen LogP contribution is -2.15. The molecule has 0 bridgehead atoms. The highest BCUT2D eigenvalue weighted by Gasteiger charge is 2.17. The second kappa shape index (κ2) is 6.03. The van der Waals surface area contributed by atoms with Crippen LogP contribution in [0.15, 0.2) is 36.4 Å². The molecule has 0 unspecified atom stereocenters. The van der Waals surface area contributed by atoms with E-state index in [1.54, 1.807) is 36.4 Å². The van der Waals surface area contributed by atoms with Crippen molar-refractivity contribution in [2.75, 3.05) is 18.2 Å². The van der Waals surface area contributed by atoms with Gasteiger partial charge in [-0.15, -0.1) is 0 Å². The molecule has 0 aliphatic heterocycles. The van der Waals surface area contributed by atoms with Gasteiger partial charge in [0.15, 0.2) is 0 Å². The number of methoxy groups -OCH3 is 1. The first-order chi connectivity index (χ1) is 9.52. The lowest BCUT2D eigenvalue weighted by atomic mass is 10.1. The summed E-state index contributed by atoms with van der Waals surface area (Å²) in [4.78, 5) is 12.3. The van der Waals surface area contributed by atoms with Crippen LogP contribution in [0.25, 0.3) is 0 Å². The molecule has 0 aliphatic carbocycles. The van der Waals surface area contributed by atoms with Crippen molar-refractivity contribution >= 4 is 40.5 Å². The number of nitrogens with one attached hydrogen (secondary N) is 1. The zero-order valence-corrected chi connectivity index (χ0v) is 12.1. The molecule has 2 rings (SSSR count). The molecule has 0 radical (unpaired) electrons. The fraction of sp³-hybridized carbons (Fsp3) is 0.0714. The summed E-state index contributed by atoms with van der Waals surface area (Å²) in [5.41, 5.74) is 6.81. The molecule has 0 fully saturated rings. The Hall–Kier alpha value is -1.91. The van der Waals surface area contributed by atoms with Crippen LogP contribution in [0.1, 0.15) is 10.4 Å². The summed E-state index contributed by atoms with van der Waals surface area (Å²) < 4.78 is 5.14. The number of carbonyl (C=O) groups is 1. The number of nitrogens with two attached hydrogens (primary N) is 1. The predicted molar refractivity (Wildman–Crippen MR) is 81.8 cm³/mol. The Bertz CT molecular complexity index is 660. The highest BCUT2D eigenvalue weighted by atomic mass is 35.5. The van der Waals surface area contributed by atoms with Gasteiger partial charge in [-0.2, -0.15) is 0 Å². The first-order valence-electron chi connectivity index (χ1n) is 5.72. The van der Waals surface area contributed by atoms with Gasteiger partial charge in [0.25, 0.3) is 5.91 Å². The Labute approximate surface area is 126 Å². The molecule has 0 aromatic heterocycles. The second-order valence-corrected chi connectivity index (χ2v) is 4.85. The normalized spacial score (nSPS) is 10.2. The zero-order chi connectivity index (χ0) is 14.7. The SMILES string of the molecule is COc1cccc(N)c1C(=O)Nc1cc(Cl)ccc1Cl. The van der Waals surface area contributed by atoms with Crippen LogP contribution in [0.3, 0.4) is 0 Å². The molecule has 0 spiro atoms. The summed E-state index contributed by atoms with van der Waals surface area (Å²) in [7, 11) is 1.47. The van der Waals surface area contributed by atoms with Gasteiger partial charge in [0.2, 0.25) is 0 Å².